The fourth-order valence-electron chi connectivity index (χ4n) is 9.78. The van der Waals surface area contributed by atoms with Gasteiger partial charge >= 0.3 is 12.1 Å². The fourth-order valence-corrected chi connectivity index (χ4v) is 9.78. The molecule has 61 heavy (non-hydrogen) atoms. The number of aryl methyl sites for hydroxylation is 1. The van der Waals surface area contributed by atoms with Crippen molar-refractivity contribution in [2.24, 2.45) is 5.41 Å². The lowest BCUT2D eigenvalue weighted by molar-refractivity contribution is -0.155. The molecule has 2 aromatic heterocycles. The standard InChI is InChI=1S/C48H68N8O5/c1-9-55-41-17-14-32-24-36(41)38(43(55)37-25-35(27-49-42(37)31(2)3)54-22-20-53(21-23-54)34-15-16-34)26-48(7,8)30-60-45(58)39-13-11-19-56(51-39)44(57)40(50-46(59)61-47(4,5)6)29-52-18-10-12-33(32)28-52/h12,14,17,24-25,27,31,34,39-40,51H,9-11,13,15-16,18-23,26,28-30H2,1-8H3,(H,50,59)/t39-,40-/m0/s1. The highest BCUT2D eigenvalue weighted by Crippen LogP contribution is 2.43. The molecule has 1 aromatic carbocycles. The van der Waals surface area contributed by atoms with Gasteiger partial charge in [-0.1, -0.05) is 39.8 Å². The van der Waals surface area contributed by atoms with E-state index >= 15 is 0 Å². The summed E-state index contributed by atoms with van der Waals surface area (Å²) >= 11 is 0. The maximum absolute atomic E-state index is 14.2. The molecule has 8 rings (SSSR count). The van der Waals surface area contributed by atoms with E-state index in [0.717, 1.165) is 63.0 Å². The first kappa shape index (κ1) is 43.2. The van der Waals surface area contributed by atoms with Crippen LogP contribution < -0.4 is 15.6 Å². The van der Waals surface area contributed by atoms with E-state index in [1.807, 2.05) is 0 Å². The number of fused-ring (bicyclic) bond motifs is 6. The van der Waals surface area contributed by atoms with Crippen molar-refractivity contribution in [1.29, 1.82) is 0 Å². The highest BCUT2D eigenvalue weighted by atomic mass is 16.6. The summed E-state index contributed by atoms with van der Waals surface area (Å²) in [6.45, 7) is 23.7. The third-order valence-corrected chi connectivity index (χ3v) is 13.0. The molecule has 13 heteroatoms. The number of cyclic esters (lactones) is 1. The Balaban J connectivity index is 1.21. The third-order valence-electron chi connectivity index (χ3n) is 13.0. The number of anilines is 1. The minimum absolute atomic E-state index is 0.205. The third kappa shape index (κ3) is 9.64. The topological polar surface area (TPSA) is 125 Å². The first-order chi connectivity index (χ1) is 29.1. The molecular formula is C48H68N8O5. The van der Waals surface area contributed by atoms with Crippen LogP contribution >= 0.6 is 0 Å². The summed E-state index contributed by atoms with van der Waals surface area (Å²) in [4.78, 5) is 53.9. The molecule has 0 radical (unpaired) electrons. The molecule has 0 spiro atoms. The predicted molar refractivity (Wildman–Crippen MR) is 240 cm³/mol. The Kier molecular flexibility index (Phi) is 12.3. The molecule has 2 amide bonds. The van der Waals surface area contributed by atoms with Gasteiger partial charge in [0.25, 0.3) is 5.91 Å². The molecule has 1 saturated carbocycles. The summed E-state index contributed by atoms with van der Waals surface area (Å²) in [7, 11) is 0. The number of carbonyl (C=O) groups is 3. The Morgan fingerprint density at radius 3 is 2.52 bits per heavy atom. The van der Waals surface area contributed by atoms with Crippen LogP contribution in [0.3, 0.4) is 0 Å². The van der Waals surface area contributed by atoms with Crippen LogP contribution in [0.1, 0.15) is 110 Å². The second-order valence-corrected chi connectivity index (χ2v) is 20.1. The molecule has 3 aromatic rings. The summed E-state index contributed by atoms with van der Waals surface area (Å²) in [6.07, 6.45) is 9.07. The quantitative estimate of drug-likeness (QED) is 0.259. The number of hydrogen-bond donors (Lipinski definition) is 2. The number of nitrogens with one attached hydrogen (secondary N) is 2. The zero-order valence-electron chi connectivity index (χ0n) is 37.8. The second-order valence-electron chi connectivity index (χ2n) is 20.1. The number of pyridine rings is 1. The monoisotopic (exact) mass is 837 g/mol. The van der Waals surface area contributed by atoms with Crippen molar-refractivity contribution in [2.45, 2.75) is 130 Å². The number of hydrazine groups is 1. The van der Waals surface area contributed by atoms with Crippen LogP contribution in [-0.4, -0.2) is 125 Å². The summed E-state index contributed by atoms with van der Waals surface area (Å²) in [6, 6.07) is 8.45. The van der Waals surface area contributed by atoms with Gasteiger partial charge in [-0.15, -0.1) is 0 Å². The number of rotatable bonds is 6. The minimum atomic E-state index is -0.897. The molecule has 3 fully saturated rings. The molecule has 6 bridgehead atoms. The summed E-state index contributed by atoms with van der Waals surface area (Å²) in [5, 5.41) is 5.57. The van der Waals surface area contributed by atoms with Crippen LogP contribution in [0.5, 0.6) is 0 Å². The van der Waals surface area contributed by atoms with Gasteiger partial charge in [-0.05, 0) is 107 Å². The molecule has 3 atom stereocenters. The van der Waals surface area contributed by atoms with E-state index in [1.54, 1.807) is 20.8 Å². The average molecular weight is 837 g/mol. The van der Waals surface area contributed by atoms with Crippen LogP contribution in [0.4, 0.5) is 10.5 Å². The van der Waals surface area contributed by atoms with Gasteiger partial charge in [-0.2, -0.15) is 0 Å². The van der Waals surface area contributed by atoms with E-state index in [4.69, 9.17) is 14.5 Å². The first-order valence-electron chi connectivity index (χ1n) is 22.9. The second kappa shape index (κ2) is 17.4. The van der Waals surface area contributed by atoms with E-state index in [9.17, 15) is 14.4 Å². The number of esters is 1. The van der Waals surface area contributed by atoms with Crippen molar-refractivity contribution in [2.75, 3.05) is 63.9 Å². The Morgan fingerprint density at radius 2 is 1.82 bits per heavy atom. The maximum Gasteiger partial charge on any atom is 0.408 e. The van der Waals surface area contributed by atoms with Crippen molar-refractivity contribution >= 4 is 40.1 Å². The number of piperazine rings is 1. The van der Waals surface area contributed by atoms with Crippen LogP contribution in [0.25, 0.3) is 27.7 Å². The van der Waals surface area contributed by atoms with E-state index < -0.39 is 29.2 Å². The first-order valence-corrected chi connectivity index (χ1v) is 22.9. The highest BCUT2D eigenvalue weighted by molar-refractivity contribution is 5.95. The van der Waals surface area contributed by atoms with Gasteiger partial charge in [0.15, 0.2) is 0 Å². The van der Waals surface area contributed by atoms with Crippen LogP contribution in [0.15, 0.2) is 36.5 Å². The smallest absolute Gasteiger partial charge is 0.408 e. The number of carbonyl (C=O) groups excluding carboxylic acids is 3. The number of benzene rings is 1. The van der Waals surface area contributed by atoms with Gasteiger partial charge in [0.2, 0.25) is 0 Å². The molecule has 2 N–H and O–H groups in total. The lowest BCUT2D eigenvalue weighted by atomic mass is 9.83. The van der Waals surface area contributed by atoms with Crippen molar-refractivity contribution in [3.63, 3.8) is 0 Å². The molecule has 1 aliphatic carbocycles. The Bertz CT molecular complexity index is 2160. The van der Waals surface area contributed by atoms with Gasteiger partial charge in [0.05, 0.1) is 29.9 Å². The number of ether oxygens (including phenoxy) is 2. The van der Waals surface area contributed by atoms with Crippen molar-refractivity contribution in [3.8, 4) is 11.3 Å². The molecule has 330 valence electrons. The minimum Gasteiger partial charge on any atom is -0.464 e. The van der Waals surface area contributed by atoms with Crippen molar-refractivity contribution in [3.05, 3.63) is 53.4 Å². The van der Waals surface area contributed by atoms with E-state index in [1.165, 1.54) is 56.8 Å². The lowest BCUT2D eigenvalue weighted by Crippen LogP contribution is -2.62. The molecule has 1 unspecified atom stereocenters. The number of amides is 2. The van der Waals surface area contributed by atoms with E-state index in [0.29, 0.717) is 32.4 Å². The number of hydrogen-bond acceptors (Lipinski definition) is 10. The van der Waals surface area contributed by atoms with E-state index in [-0.39, 0.29) is 30.9 Å². The normalized spacial score (nSPS) is 24.3. The largest absolute Gasteiger partial charge is 0.464 e. The van der Waals surface area contributed by atoms with Gasteiger partial charge in [0, 0.05) is 86.8 Å². The van der Waals surface area contributed by atoms with Crippen molar-refractivity contribution in [1.82, 2.24) is 35.1 Å². The molecule has 4 aliphatic heterocycles. The van der Waals surface area contributed by atoms with E-state index in [2.05, 4.69) is 101 Å². The highest BCUT2D eigenvalue weighted by Gasteiger charge is 2.37. The van der Waals surface area contributed by atoms with Crippen LogP contribution in [0.2, 0.25) is 0 Å². The zero-order chi connectivity index (χ0) is 43.2. The zero-order valence-corrected chi connectivity index (χ0v) is 37.8. The van der Waals surface area contributed by atoms with Gasteiger partial charge in [-0.3, -0.25) is 29.4 Å². The number of nitrogens with zero attached hydrogens (tertiary/aromatic N) is 6. The van der Waals surface area contributed by atoms with Gasteiger partial charge in [-0.25, -0.2) is 10.2 Å². The maximum atomic E-state index is 14.2. The number of alkyl carbamates (subject to hydrolysis) is 1. The lowest BCUT2D eigenvalue weighted by Gasteiger charge is -2.37. The van der Waals surface area contributed by atoms with Crippen LogP contribution in [0, 0.1) is 5.41 Å². The van der Waals surface area contributed by atoms with Gasteiger partial charge in [0.1, 0.15) is 17.7 Å². The van der Waals surface area contributed by atoms with Crippen molar-refractivity contribution < 1.29 is 23.9 Å². The Labute approximate surface area is 362 Å². The van der Waals surface area contributed by atoms with Crippen LogP contribution in [-0.2, 0) is 32.0 Å². The molecule has 5 aliphatic rings. The molecular weight excluding hydrogens is 769 g/mol. The number of aromatic nitrogens is 2. The molecule has 6 heterocycles. The summed E-state index contributed by atoms with van der Waals surface area (Å²) < 4.78 is 14.3. The summed E-state index contributed by atoms with van der Waals surface area (Å²) in [5.41, 5.74) is 11.4. The predicted octanol–water partition coefficient (Wildman–Crippen LogP) is 6.73. The average Bonchev–Trinajstić information content (AvgIpc) is 4.04. The van der Waals surface area contributed by atoms with Gasteiger partial charge < -0.3 is 24.3 Å². The Morgan fingerprint density at radius 1 is 1.05 bits per heavy atom. The fraction of sp³-hybridized carbons (Fsp3) is 0.625. The molecule has 2 saturated heterocycles. The SMILES string of the molecule is CCn1c(-c2cc(N3CCN(C4CC4)CC3)cnc2C(C)C)c2c3cc(ccc31)C1=CCCN(C1)C[C@H](NC(=O)OC(C)(C)C)C(=O)N1CCC[C@H](N1)C(=O)OCC(C)(C)C2. The molecule has 13 nitrogen and oxygen atoms in total. The Hall–Kier alpha value is -4.46. The summed E-state index contributed by atoms with van der Waals surface area (Å²) in [5.74, 6) is -0.481.